The maximum atomic E-state index is 13.0. The summed E-state index contributed by atoms with van der Waals surface area (Å²) >= 11 is 2.71. The number of aromatic nitrogens is 3. The standard InChI is InChI=1S/C23H20FN5O3S2/c1-14(21(30)26-27-22(31)15-9-11-16(24)12-10-15)34-23-28-25-20(19-8-5-13-33-19)29(23)17-6-3-4-7-18(17)32-2/h3-14H,1-2H3,(H,26,30)(H,27,31). The number of nitrogens with one attached hydrogen (secondary N) is 2. The minimum Gasteiger partial charge on any atom is -0.495 e. The molecule has 2 amide bonds. The van der Waals surface area contributed by atoms with E-state index in [9.17, 15) is 14.0 Å². The molecule has 0 spiro atoms. The van der Waals surface area contributed by atoms with Crippen molar-refractivity contribution in [2.45, 2.75) is 17.3 Å². The highest BCUT2D eigenvalue weighted by Gasteiger charge is 2.24. The van der Waals surface area contributed by atoms with Gasteiger partial charge >= 0.3 is 0 Å². The Morgan fingerprint density at radius 1 is 1.06 bits per heavy atom. The Kier molecular flexibility index (Phi) is 7.24. The third-order valence-corrected chi connectivity index (χ3v) is 6.67. The first kappa shape index (κ1) is 23.5. The monoisotopic (exact) mass is 497 g/mol. The number of hydrogen-bond donors (Lipinski definition) is 2. The summed E-state index contributed by atoms with van der Waals surface area (Å²) in [5, 5.41) is 10.5. The highest BCUT2D eigenvalue weighted by atomic mass is 32.2. The maximum Gasteiger partial charge on any atom is 0.269 e. The van der Waals surface area contributed by atoms with E-state index in [1.807, 2.05) is 46.3 Å². The van der Waals surface area contributed by atoms with Gasteiger partial charge in [-0.05, 0) is 54.8 Å². The van der Waals surface area contributed by atoms with Gasteiger partial charge in [0.15, 0.2) is 11.0 Å². The Hall–Kier alpha value is -3.70. The molecule has 174 valence electrons. The molecule has 2 N–H and O–H groups in total. The van der Waals surface area contributed by atoms with Crippen LogP contribution in [0, 0.1) is 5.82 Å². The zero-order valence-electron chi connectivity index (χ0n) is 18.2. The van der Waals surface area contributed by atoms with Gasteiger partial charge in [0, 0.05) is 5.56 Å². The third kappa shape index (κ3) is 5.10. The molecule has 0 aliphatic carbocycles. The van der Waals surface area contributed by atoms with E-state index in [-0.39, 0.29) is 5.56 Å². The highest BCUT2D eigenvalue weighted by Crippen LogP contribution is 2.35. The van der Waals surface area contributed by atoms with Gasteiger partial charge in [-0.15, -0.1) is 21.5 Å². The van der Waals surface area contributed by atoms with Crippen molar-refractivity contribution in [3.8, 4) is 22.1 Å². The van der Waals surface area contributed by atoms with Crippen LogP contribution in [0.2, 0.25) is 0 Å². The van der Waals surface area contributed by atoms with Crippen molar-refractivity contribution in [3.63, 3.8) is 0 Å². The molecule has 4 rings (SSSR count). The first-order valence-corrected chi connectivity index (χ1v) is 11.9. The fraction of sp³-hybridized carbons (Fsp3) is 0.130. The lowest BCUT2D eigenvalue weighted by Crippen LogP contribution is -2.45. The summed E-state index contributed by atoms with van der Waals surface area (Å²) in [4.78, 5) is 25.8. The minimum absolute atomic E-state index is 0.221. The van der Waals surface area contributed by atoms with Crippen molar-refractivity contribution >= 4 is 34.9 Å². The topological polar surface area (TPSA) is 98.1 Å². The van der Waals surface area contributed by atoms with Crippen molar-refractivity contribution in [3.05, 3.63) is 77.4 Å². The summed E-state index contributed by atoms with van der Waals surface area (Å²) in [6, 6.07) is 16.3. The second kappa shape index (κ2) is 10.5. The van der Waals surface area contributed by atoms with Crippen LogP contribution in [-0.4, -0.2) is 38.9 Å². The zero-order chi connectivity index (χ0) is 24.1. The molecule has 0 fully saturated rings. The number of ether oxygens (including phenoxy) is 1. The molecule has 2 heterocycles. The number of nitrogens with zero attached hydrogens (tertiary/aromatic N) is 3. The highest BCUT2D eigenvalue weighted by molar-refractivity contribution is 8.00. The fourth-order valence-corrected chi connectivity index (χ4v) is 4.61. The number of hydrazine groups is 1. The Morgan fingerprint density at radius 3 is 2.53 bits per heavy atom. The van der Waals surface area contributed by atoms with Crippen LogP contribution in [0.3, 0.4) is 0 Å². The molecule has 0 bridgehead atoms. The number of amides is 2. The normalized spacial score (nSPS) is 11.6. The van der Waals surface area contributed by atoms with Crippen molar-refractivity contribution in [1.29, 1.82) is 0 Å². The smallest absolute Gasteiger partial charge is 0.269 e. The van der Waals surface area contributed by atoms with Crippen LogP contribution in [0.5, 0.6) is 5.75 Å². The quantitative estimate of drug-likeness (QED) is 0.295. The summed E-state index contributed by atoms with van der Waals surface area (Å²) in [5.74, 6) is -0.188. The number of thioether (sulfide) groups is 1. The van der Waals surface area contributed by atoms with Gasteiger partial charge in [-0.2, -0.15) is 0 Å². The van der Waals surface area contributed by atoms with Crippen LogP contribution >= 0.6 is 23.1 Å². The zero-order valence-corrected chi connectivity index (χ0v) is 19.8. The van der Waals surface area contributed by atoms with Gasteiger partial charge in [-0.3, -0.25) is 25.0 Å². The van der Waals surface area contributed by atoms with E-state index < -0.39 is 22.9 Å². The molecule has 1 unspecified atom stereocenters. The Bertz CT molecular complexity index is 1290. The number of thiophene rings is 1. The van der Waals surface area contributed by atoms with Gasteiger partial charge in [-0.1, -0.05) is 30.0 Å². The first-order valence-electron chi connectivity index (χ1n) is 10.1. The summed E-state index contributed by atoms with van der Waals surface area (Å²) in [5.41, 5.74) is 5.70. The number of carbonyl (C=O) groups is 2. The summed E-state index contributed by atoms with van der Waals surface area (Å²) in [6.45, 7) is 1.69. The van der Waals surface area contributed by atoms with Gasteiger partial charge < -0.3 is 4.74 Å². The van der Waals surface area contributed by atoms with Crippen molar-refractivity contribution < 1.29 is 18.7 Å². The summed E-state index contributed by atoms with van der Waals surface area (Å²) in [7, 11) is 1.58. The number of halogens is 1. The van der Waals surface area contributed by atoms with Crippen molar-refractivity contribution in [2.24, 2.45) is 0 Å². The SMILES string of the molecule is COc1ccccc1-n1c(SC(C)C(=O)NNC(=O)c2ccc(F)cc2)nnc1-c1cccs1. The lowest BCUT2D eigenvalue weighted by Gasteiger charge is -2.15. The van der Waals surface area contributed by atoms with Crippen LogP contribution in [-0.2, 0) is 4.79 Å². The van der Waals surface area contributed by atoms with Crippen molar-refractivity contribution in [1.82, 2.24) is 25.6 Å². The predicted molar refractivity (Wildman–Crippen MR) is 129 cm³/mol. The predicted octanol–water partition coefficient (Wildman–Crippen LogP) is 4.09. The van der Waals surface area contributed by atoms with Crippen LogP contribution in [0.1, 0.15) is 17.3 Å². The lowest BCUT2D eigenvalue weighted by atomic mass is 10.2. The molecule has 1 atom stereocenters. The first-order chi connectivity index (χ1) is 16.5. The Balaban J connectivity index is 1.53. The molecule has 11 heteroatoms. The van der Waals surface area contributed by atoms with Crippen LogP contribution in [0.25, 0.3) is 16.4 Å². The molecular formula is C23H20FN5O3S2. The molecule has 34 heavy (non-hydrogen) atoms. The Morgan fingerprint density at radius 2 is 1.82 bits per heavy atom. The van der Waals surface area contributed by atoms with Gasteiger partial charge in [0.1, 0.15) is 11.6 Å². The number of methoxy groups -OCH3 is 1. The molecule has 4 aromatic rings. The van der Waals surface area contributed by atoms with E-state index in [0.29, 0.717) is 16.7 Å². The Labute approximate surface area is 203 Å². The molecule has 2 aromatic heterocycles. The number of rotatable bonds is 7. The van der Waals surface area contributed by atoms with E-state index in [4.69, 9.17) is 4.74 Å². The van der Waals surface area contributed by atoms with Gasteiger partial charge in [0.25, 0.3) is 11.8 Å². The molecule has 0 aliphatic rings. The molecule has 0 aliphatic heterocycles. The van der Waals surface area contributed by atoms with E-state index >= 15 is 0 Å². The van der Waals surface area contributed by atoms with E-state index in [2.05, 4.69) is 21.0 Å². The molecule has 8 nitrogen and oxygen atoms in total. The van der Waals surface area contributed by atoms with Gasteiger partial charge in [0.2, 0.25) is 0 Å². The number of para-hydroxylation sites is 2. The van der Waals surface area contributed by atoms with Crippen molar-refractivity contribution in [2.75, 3.05) is 7.11 Å². The fourth-order valence-electron chi connectivity index (χ4n) is 3.05. The van der Waals surface area contributed by atoms with Crippen LogP contribution < -0.4 is 15.6 Å². The van der Waals surface area contributed by atoms with Gasteiger partial charge in [-0.25, -0.2) is 4.39 Å². The van der Waals surface area contributed by atoms with Crippen LogP contribution in [0.4, 0.5) is 4.39 Å². The summed E-state index contributed by atoms with van der Waals surface area (Å²) < 4.78 is 20.4. The number of benzene rings is 2. The maximum absolute atomic E-state index is 13.0. The average molecular weight is 498 g/mol. The second-order valence-electron chi connectivity index (χ2n) is 7.00. The molecule has 0 saturated carbocycles. The average Bonchev–Trinajstić information content (AvgIpc) is 3.52. The van der Waals surface area contributed by atoms with E-state index in [1.54, 1.807) is 14.0 Å². The minimum atomic E-state index is -0.623. The lowest BCUT2D eigenvalue weighted by molar-refractivity contribution is -0.121. The number of carbonyl (C=O) groups excluding carboxylic acids is 2. The van der Waals surface area contributed by atoms with E-state index in [0.717, 1.165) is 10.6 Å². The van der Waals surface area contributed by atoms with Crippen LogP contribution in [0.15, 0.2) is 71.2 Å². The molecule has 2 aromatic carbocycles. The molecular weight excluding hydrogens is 477 g/mol. The van der Waals surface area contributed by atoms with Gasteiger partial charge in [0.05, 0.1) is 22.9 Å². The summed E-state index contributed by atoms with van der Waals surface area (Å²) in [6.07, 6.45) is 0. The largest absolute Gasteiger partial charge is 0.495 e. The third-order valence-electron chi connectivity index (χ3n) is 4.76. The molecule has 0 radical (unpaired) electrons. The number of hydrogen-bond acceptors (Lipinski definition) is 7. The molecule has 0 saturated heterocycles. The van der Waals surface area contributed by atoms with E-state index in [1.165, 1.54) is 47.4 Å². The second-order valence-corrected chi connectivity index (χ2v) is 9.26.